The number of carbonyl (C=O) groups excluding carboxylic acids is 2. The highest BCUT2D eigenvalue weighted by Crippen LogP contribution is 2.20. The molecule has 0 aliphatic rings. The lowest BCUT2D eigenvalue weighted by Gasteiger charge is -2.30. The summed E-state index contributed by atoms with van der Waals surface area (Å²) in [6, 6.07) is 17.7. The van der Waals surface area contributed by atoms with Crippen LogP contribution < -0.4 is 5.32 Å². The van der Waals surface area contributed by atoms with Gasteiger partial charge in [0.15, 0.2) is 0 Å². The Bertz CT molecular complexity index is 732. The Hall–Kier alpha value is -2.27. The SMILES string of the molecule is CC[C@H](C(=O)NC)N(Cc1ccc(C)cc1)C(=O)CCSc1ccccc1. The van der Waals surface area contributed by atoms with Crippen molar-refractivity contribution in [1.29, 1.82) is 0 Å². The number of nitrogens with one attached hydrogen (secondary N) is 1. The number of amides is 2. The Balaban J connectivity index is 2.08. The normalized spacial score (nSPS) is 11.7. The Morgan fingerprint density at radius 1 is 1.07 bits per heavy atom. The molecular weight excluding hydrogens is 356 g/mol. The minimum absolute atomic E-state index is 0.00876. The van der Waals surface area contributed by atoms with E-state index in [-0.39, 0.29) is 11.8 Å². The van der Waals surface area contributed by atoms with Gasteiger partial charge in [0, 0.05) is 30.7 Å². The zero-order valence-electron chi connectivity index (χ0n) is 16.3. The van der Waals surface area contributed by atoms with E-state index < -0.39 is 6.04 Å². The first-order valence-electron chi connectivity index (χ1n) is 9.29. The van der Waals surface area contributed by atoms with Crippen LogP contribution in [-0.4, -0.2) is 35.6 Å². The summed E-state index contributed by atoms with van der Waals surface area (Å²) in [5.41, 5.74) is 2.21. The summed E-state index contributed by atoms with van der Waals surface area (Å²) in [5.74, 6) is 0.584. The number of hydrogen-bond donors (Lipinski definition) is 1. The maximum Gasteiger partial charge on any atom is 0.242 e. The summed E-state index contributed by atoms with van der Waals surface area (Å²) in [6.07, 6.45) is 0.988. The lowest BCUT2D eigenvalue weighted by Crippen LogP contribution is -2.48. The minimum atomic E-state index is -0.453. The molecular formula is C22H28N2O2S. The van der Waals surface area contributed by atoms with Crippen LogP contribution in [0.4, 0.5) is 0 Å². The number of nitrogens with zero attached hydrogens (tertiary/aromatic N) is 1. The summed E-state index contributed by atoms with van der Waals surface area (Å²) in [4.78, 5) is 28.1. The molecule has 2 amide bonds. The molecule has 27 heavy (non-hydrogen) atoms. The standard InChI is InChI=1S/C22H28N2O2S/c1-4-20(22(26)23-3)24(16-18-12-10-17(2)11-13-18)21(25)14-15-27-19-8-6-5-7-9-19/h5-13,20H,4,14-16H2,1-3H3,(H,23,26)/t20-/m1/s1. The molecule has 144 valence electrons. The van der Waals surface area contributed by atoms with Gasteiger partial charge in [-0.3, -0.25) is 9.59 Å². The van der Waals surface area contributed by atoms with Crippen LogP contribution in [0.5, 0.6) is 0 Å². The van der Waals surface area contributed by atoms with E-state index in [1.807, 2.05) is 68.4 Å². The quantitative estimate of drug-likeness (QED) is 0.664. The Morgan fingerprint density at radius 3 is 2.33 bits per heavy atom. The molecule has 0 fully saturated rings. The fourth-order valence-corrected chi connectivity index (χ4v) is 3.75. The van der Waals surface area contributed by atoms with Crippen LogP contribution >= 0.6 is 11.8 Å². The molecule has 0 radical (unpaired) electrons. The molecule has 0 bridgehead atoms. The Labute approximate surface area is 166 Å². The molecule has 5 heteroatoms. The van der Waals surface area contributed by atoms with Gasteiger partial charge in [-0.15, -0.1) is 11.8 Å². The van der Waals surface area contributed by atoms with Crippen LogP contribution in [0.1, 0.15) is 30.9 Å². The first-order chi connectivity index (χ1) is 13.0. The van der Waals surface area contributed by atoms with E-state index in [9.17, 15) is 9.59 Å². The minimum Gasteiger partial charge on any atom is -0.357 e. The van der Waals surface area contributed by atoms with Gasteiger partial charge in [-0.1, -0.05) is 55.0 Å². The van der Waals surface area contributed by atoms with E-state index in [4.69, 9.17) is 0 Å². The van der Waals surface area contributed by atoms with Gasteiger partial charge in [-0.05, 0) is 31.0 Å². The molecule has 4 nitrogen and oxygen atoms in total. The van der Waals surface area contributed by atoms with Crippen LogP contribution in [0, 0.1) is 6.92 Å². The molecule has 2 rings (SSSR count). The zero-order chi connectivity index (χ0) is 19.6. The Morgan fingerprint density at radius 2 is 1.74 bits per heavy atom. The molecule has 0 saturated heterocycles. The number of benzene rings is 2. The maximum atomic E-state index is 13.0. The van der Waals surface area contributed by atoms with Crippen LogP contribution in [0.2, 0.25) is 0 Å². The second kappa shape index (κ2) is 10.8. The highest BCUT2D eigenvalue weighted by Gasteiger charge is 2.27. The molecule has 2 aromatic carbocycles. The first kappa shape index (κ1) is 21.0. The fourth-order valence-electron chi connectivity index (χ4n) is 2.89. The lowest BCUT2D eigenvalue weighted by atomic mass is 10.1. The predicted octanol–water partition coefficient (Wildman–Crippen LogP) is 4.03. The van der Waals surface area contributed by atoms with Crippen molar-refractivity contribution in [2.75, 3.05) is 12.8 Å². The average Bonchev–Trinajstić information content (AvgIpc) is 2.69. The van der Waals surface area contributed by atoms with Crippen LogP contribution in [0.15, 0.2) is 59.5 Å². The number of likely N-dealkylation sites (N-methyl/N-ethyl adjacent to an activating group) is 1. The third-order valence-corrected chi connectivity index (χ3v) is 5.45. The highest BCUT2D eigenvalue weighted by molar-refractivity contribution is 7.99. The maximum absolute atomic E-state index is 13.0. The van der Waals surface area contributed by atoms with Gasteiger partial charge in [0.1, 0.15) is 6.04 Å². The van der Waals surface area contributed by atoms with Crippen LogP contribution in [-0.2, 0) is 16.1 Å². The second-order valence-electron chi connectivity index (χ2n) is 6.46. The number of hydrogen-bond acceptors (Lipinski definition) is 3. The van der Waals surface area contributed by atoms with Crippen molar-refractivity contribution in [3.8, 4) is 0 Å². The van der Waals surface area contributed by atoms with E-state index in [0.29, 0.717) is 25.1 Å². The molecule has 1 N–H and O–H groups in total. The Kier molecular flexibility index (Phi) is 8.40. The number of thioether (sulfide) groups is 1. The smallest absolute Gasteiger partial charge is 0.242 e. The summed E-state index contributed by atoms with van der Waals surface area (Å²) < 4.78 is 0. The van der Waals surface area contributed by atoms with Crippen molar-refractivity contribution in [3.05, 3.63) is 65.7 Å². The van der Waals surface area contributed by atoms with Gasteiger partial charge >= 0.3 is 0 Å². The predicted molar refractivity (Wildman–Crippen MR) is 112 cm³/mol. The van der Waals surface area contributed by atoms with Crippen molar-refractivity contribution in [1.82, 2.24) is 10.2 Å². The topological polar surface area (TPSA) is 49.4 Å². The van der Waals surface area contributed by atoms with Gasteiger partial charge in [-0.2, -0.15) is 0 Å². The zero-order valence-corrected chi connectivity index (χ0v) is 17.1. The first-order valence-corrected chi connectivity index (χ1v) is 10.3. The second-order valence-corrected chi connectivity index (χ2v) is 7.63. The highest BCUT2D eigenvalue weighted by atomic mass is 32.2. The van der Waals surface area contributed by atoms with Gasteiger partial charge < -0.3 is 10.2 Å². The summed E-state index contributed by atoms with van der Waals surface area (Å²) in [6.45, 7) is 4.42. The third kappa shape index (κ3) is 6.43. The van der Waals surface area contributed by atoms with E-state index >= 15 is 0 Å². The monoisotopic (exact) mass is 384 g/mol. The van der Waals surface area contributed by atoms with Crippen molar-refractivity contribution in [2.45, 2.75) is 44.2 Å². The van der Waals surface area contributed by atoms with E-state index in [1.165, 1.54) is 5.56 Å². The van der Waals surface area contributed by atoms with Crippen molar-refractivity contribution in [2.24, 2.45) is 0 Å². The molecule has 0 aromatic heterocycles. The molecule has 0 spiro atoms. The van der Waals surface area contributed by atoms with Gasteiger partial charge in [0.2, 0.25) is 11.8 Å². The van der Waals surface area contributed by atoms with Crippen molar-refractivity contribution in [3.63, 3.8) is 0 Å². The molecule has 0 saturated carbocycles. The average molecular weight is 385 g/mol. The fraction of sp³-hybridized carbons (Fsp3) is 0.364. The molecule has 0 aliphatic heterocycles. The van der Waals surface area contributed by atoms with Crippen molar-refractivity contribution < 1.29 is 9.59 Å². The molecule has 2 aromatic rings. The van der Waals surface area contributed by atoms with Gasteiger partial charge in [-0.25, -0.2) is 0 Å². The molecule has 0 heterocycles. The van der Waals surface area contributed by atoms with E-state index in [1.54, 1.807) is 23.7 Å². The molecule has 1 atom stereocenters. The van der Waals surface area contributed by atoms with Crippen LogP contribution in [0.25, 0.3) is 0 Å². The molecule has 0 aliphatic carbocycles. The summed E-state index contributed by atoms with van der Waals surface area (Å²) >= 11 is 1.66. The summed E-state index contributed by atoms with van der Waals surface area (Å²) in [5, 5.41) is 2.69. The van der Waals surface area contributed by atoms with Crippen LogP contribution in [0.3, 0.4) is 0 Å². The van der Waals surface area contributed by atoms with Gasteiger partial charge in [0.25, 0.3) is 0 Å². The molecule has 0 unspecified atom stereocenters. The van der Waals surface area contributed by atoms with Crippen molar-refractivity contribution >= 4 is 23.6 Å². The lowest BCUT2D eigenvalue weighted by molar-refractivity contribution is -0.140. The number of aryl methyl sites for hydroxylation is 1. The number of rotatable bonds is 9. The van der Waals surface area contributed by atoms with E-state index in [2.05, 4.69) is 5.32 Å². The number of carbonyl (C=O) groups is 2. The van der Waals surface area contributed by atoms with Gasteiger partial charge in [0.05, 0.1) is 0 Å². The summed E-state index contributed by atoms with van der Waals surface area (Å²) in [7, 11) is 1.62. The largest absolute Gasteiger partial charge is 0.357 e. The van der Waals surface area contributed by atoms with E-state index in [0.717, 1.165) is 10.5 Å². The third-order valence-electron chi connectivity index (χ3n) is 4.43.